The molecule has 1 aliphatic rings. The summed E-state index contributed by atoms with van der Waals surface area (Å²) in [5.41, 5.74) is 7.83. The summed E-state index contributed by atoms with van der Waals surface area (Å²) in [5.74, 6) is 0.142. The van der Waals surface area contributed by atoms with Crippen molar-refractivity contribution in [1.29, 1.82) is 5.26 Å². The van der Waals surface area contributed by atoms with E-state index in [1.165, 1.54) is 6.20 Å². The van der Waals surface area contributed by atoms with Crippen LogP contribution < -0.4 is 16.0 Å². The van der Waals surface area contributed by atoms with Crippen molar-refractivity contribution >= 4 is 23.8 Å². The Hall–Kier alpha value is -3.40. The van der Waals surface area contributed by atoms with Gasteiger partial charge in [-0.05, 0) is 42.8 Å². The molecule has 0 saturated carbocycles. The fourth-order valence-corrected chi connectivity index (χ4v) is 3.29. The van der Waals surface area contributed by atoms with Crippen molar-refractivity contribution in [3.05, 3.63) is 53.2 Å². The molecule has 0 aliphatic carbocycles. The number of anilines is 2. The predicted octanol–water partition coefficient (Wildman–Crippen LogP) is 2.21. The summed E-state index contributed by atoms with van der Waals surface area (Å²) in [6.07, 6.45) is 2.30. The molecule has 3 rings (SSSR count). The molecule has 3 N–H and O–H groups in total. The molecule has 132 valence electrons. The highest BCUT2D eigenvalue weighted by atomic mass is 16.1. The van der Waals surface area contributed by atoms with Gasteiger partial charge in [0.05, 0.1) is 11.6 Å². The third-order valence-corrected chi connectivity index (χ3v) is 4.96. The summed E-state index contributed by atoms with van der Waals surface area (Å²) in [6, 6.07) is 10.3. The van der Waals surface area contributed by atoms with Crippen LogP contribution >= 0.6 is 0 Å². The lowest BCUT2D eigenvalue weighted by molar-refractivity contribution is -0.108. The highest BCUT2D eigenvalue weighted by Gasteiger charge is 2.36. The van der Waals surface area contributed by atoms with E-state index in [9.17, 15) is 9.59 Å². The molecule has 3 atom stereocenters. The van der Waals surface area contributed by atoms with Gasteiger partial charge in [0.2, 0.25) is 12.3 Å². The van der Waals surface area contributed by atoms with Crippen molar-refractivity contribution in [3.8, 4) is 6.07 Å². The monoisotopic (exact) mass is 349 g/mol. The summed E-state index contributed by atoms with van der Waals surface area (Å²) >= 11 is 0. The molecule has 0 fully saturated rings. The number of nitriles is 1. The van der Waals surface area contributed by atoms with Crippen LogP contribution in [0.1, 0.15) is 41.4 Å². The first kappa shape index (κ1) is 17.4. The molecular formula is C19H19N5O2. The van der Waals surface area contributed by atoms with Crippen molar-refractivity contribution in [1.82, 2.24) is 4.98 Å². The molecule has 3 unspecified atom stereocenters. The Bertz CT molecular complexity index is 888. The third kappa shape index (κ3) is 2.97. The van der Waals surface area contributed by atoms with Gasteiger partial charge in [0, 0.05) is 29.4 Å². The van der Waals surface area contributed by atoms with E-state index in [1.54, 1.807) is 35.2 Å². The number of nitrogens with zero attached hydrogens (tertiary/aromatic N) is 3. The predicted molar refractivity (Wildman–Crippen MR) is 97.4 cm³/mol. The average Bonchev–Trinajstić information content (AvgIpc) is 2.66. The molecule has 7 heteroatoms. The van der Waals surface area contributed by atoms with Gasteiger partial charge in [-0.15, -0.1) is 0 Å². The van der Waals surface area contributed by atoms with Crippen LogP contribution in [0.2, 0.25) is 0 Å². The number of benzene rings is 1. The summed E-state index contributed by atoms with van der Waals surface area (Å²) in [6.45, 7) is 4.01. The van der Waals surface area contributed by atoms with Gasteiger partial charge in [0.25, 0.3) is 0 Å². The van der Waals surface area contributed by atoms with Crippen LogP contribution in [0.4, 0.5) is 11.5 Å². The maximum atomic E-state index is 11.6. The smallest absolute Gasteiger partial charge is 0.248 e. The van der Waals surface area contributed by atoms with Gasteiger partial charge < -0.3 is 16.0 Å². The number of primary amides is 1. The van der Waals surface area contributed by atoms with Gasteiger partial charge in [0.15, 0.2) is 0 Å². The highest BCUT2D eigenvalue weighted by molar-refractivity contribution is 5.94. The zero-order valence-corrected chi connectivity index (χ0v) is 14.5. The van der Waals surface area contributed by atoms with E-state index < -0.39 is 5.91 Å². The number of rotatable bonds is 4. The van der Waals surface area contributed by atoms with Crippen LogP contribution in [0.3, 0.4) is 0 Å². The van der Waals surface area contributed by atoms with E-state index in [0.29, 0.717) is 16.9 Å². The molecule has 2 heterocycles. The van der Waals surface area contributed by atoms with E-state index in [1.807, 2.05) is 19.9 Å². The number of nitrogens with one attached hydrogen (secondary N) is 1. The molecule has 26 heavy (non-hydrogen) atoms. The van der Waals surface area contributed by atoms with Gasteiger partial charge in [-0.25, -0.2) is 4.98 Å². The van der Waals surface area contributed by atoms with Crippen molar-refractivity contribution in [2.75, 3.05) is 10.2 Å². The molecule has 0 spiro atoms. The normalized spacial score (nSPS) is 21.4. The summed E-state index contributed by atoms with van der Waals surface area (Å²) in [4.78, 5) is 29.1. The quantitative estimate of drug-likeness (QED) is 0.822. The van der Waals surface area contributed by atoms with Crippen molar-refractivity contribution in [2.45, 2.75) is 25.9 Å². The van der Waals surface area contributed by atoms with Gasteiger partial charge in [-0.3, -0.25) is 9.59 Å². The summed E-state index contributed by atoms with van der Waals surface area (Å²) in [7, 11) is 0. The number of hydrogen-bond donors (Lipinski definition) is 2. The van der Waals surface area contributed by atoms with Crippen LogP contribution in [0.15, 0.2) is 36.5 Å². The summed E-state index contributed by atoms with van der Waals surface area (Å²) < 4.78 is 0. The molecule has 0 bridgehead atoms. The van der Waals surface area contributed by atoms with E-state index in [2.05, 4.69) is 10.3 Å². The van der Waals surface area contributed by atoms with Crippen LogP contribution in [-0.4, -0.2) is 23.3 Å². The molecule has 7 nitrogen and oxygen atoms in total. The third-order valence-electron chi connectivity index (χ3n) is 4.96. The van der Waals surface area contributed by atoms with E-state index in [4.69, 9.17) is 11.0 Å². The highest BCUT2D eigenvalue weighted by Crippen LogP contribution is 2.41. The van der Waals surface area contributed by atoms with Crippen LogP contribution in [-0.2, 0) is 4.79 Å². The molecule has 2 aromatic rings. The van der Waals surface area contributed by atoms with Gasteiger partial charge in [-0.2, -0.15) is 5.26 Å². The van der Waals surface area contributed by atoms with Gasteiger partial charge >= 0.3 is 0 Å². The second-order valence-electron chi connectivity index (χ2n) is 6.42. The Kier molecular flexibility index (Phi) is 4.59. The molecule has 1 aromatic carbocycles. The fourth-order valence-electron chi connectivity index (χ4n) is 3.29. The Morgan fingerprint density at radius 1 is 1.35 bits per heavy atom. The Balaban J connectivity index is 2.05. The second-order valence-corrected chi connectivity index (χ2v) is 6.42. The lowest BCUT2D eigenvalue weighted by Gasteiger charge is -2.42. The lowest BCUT2D eigenvalue weighted by atomic mass is 9.82. The van der Waals surface area contributed by atoms with Crippen LogP contribution in [0.5, 0.6) is 0 Å². The molecule has 0 saturated heterocycles. The average molecular weight is 349 g/mol. The molecule has 1 aliphatic heterocycles. The minimum Gasteiger partial charge on any atom is -0.366 e. The molecular weight excluding hydrogens is 330 g/mol. The number of carbonyl (C=O) groups excluding carboxylic acids is 2. The van der Waals surface area contributed by atoms with E-state index in [-0.39, 0.29) is 18.0 Å². The van der Waals surface area contributed by atoms with E-state index >= 15 is 0 Å². The minimum absolute atomic E-state index is 0.0460. The number of fused-ring (bicyclic) bond motifs is 1. The van der Waals surface area contributed by atoms with Gasteiger partial charge in [0.1, 0.15) is 11.9 Å². The maximum absolute atomic E-state index is 11.6. The number of hydrogen-bond acceptors (Lipinski definition) is 5. The second kappa shape index (κ2) is 6.84. The number of carbonyl (C=O) groups is 2. The first-order valence-electron chi connectivity index (χ1n) is 8.26. The standard InChI is InChI=1S/C19H19N5O2/c1-11-12(2)24(10-25)16-5-4-14(19(21)26)7-15(16)18(11)23-17-6-3-13(8-20)9-22-17/h3-7,9-12,18H,1-2H3,(H2,21,26)(H,22,23). The minimum atomic E-state index is -0.521. The molecule has 2 amide bonds. The lowest BCUT2D eigenvalue weighted by Crippen LogP contribution is -2.45. The van der Waals surface area contributed by atoms with Crippen molar-refractivity contribution in [2.24, 2.45) is 11.7 Å². The zero-order valence-electron chi connectivity index (χ0n) is 14.5. The summed E-state index contributed by atoms with van der Waals surface area (Å²) in [5, 5.41) is 12.3. The molecule has 0 radical (unpaired) electrons. The largest absolute Gasteiger partial charge is 0.366 e. The first-order valence-corrected chi connectivity index (χ1v) is 8.26. The maximum Gasteiger partial charge on any atom is 0.248 e. The number of amides is 2. The number of nitrogens with two attached hydrogens (primary N) is 1. The Morgan fingerprint density at radius 2 is 2.12 bits per heavy atom. The topological polar surface area (TPSA) is 112 Å². The SMILES string of the molecule is CC1C(Nc2ccc(C#N)cn2)c2cc(C(N)=O)ccc2N(C=O)C1C. The Morgan fingerprint density at radius 3 is 2.69 bits per heavy atom. The first-order chi connectivity index (χ1) is 12.5. The molecule has 1 aromatic heterocycles. The van der Waals surface area contributed by atoms with Crippen LogP contribution in [0, 0.1) is 17.2 Å². The zero-order chi connectivity index (χ0) is 18.8. The van der Waals surface area contributed by atoms with Gasteiger partial charge in [-0.1, -0.05) is 6.92 Å². The number of aromatic nitrogens is 1. The fraction of sp³-hybridized carbons (Fsp3) is 0.263. The van der Waals surface area contributed by atoms with Crippen molar-refractivity contribution < 1.29 is 9.59 Å². The van der Waals surface area contributed by atoms with Crippen LogP contribution in [0.25, 0.3) is 0 Å². The Labute approximate surface area is 151 Å². The van der Waals surface area contributed by atoms with Crippen molar-refractivity contribution in [3.63, 3.8) is 0 Å². The number of pyridine rings is 1. The van der Waals surface area contributed by atoms with E-state index in [0.717, 1.165) is 17.7 Å².